The minimum Gasteiger partial charge on any atom is -0.337 e. The Morgan fingerprint density at radius 1 is 1.26 bits per heavy atom. The summed E-state index contributed by atoms with van der Waals surface area (Å²) in [6.45, 7) is -1.59. The highest BCUT2D eigenvalue weighted by molar-refractivity contribution is 5.92. The summed E-state index contributed by atoms with van der Waals surface area (Å²) in [6, 6.07) is 11.5. The fraction of sp³-hybridized carbons (Fsp3) is 0.412. The van der Waals surface area contributed by atoms with Crippen molar-refractivity contribution in [2.75, 3.05) is 13.1 Å². The summed E-state index contributed by atoms with van der Waals surface area (Å²) in [6.07, 6.45) is 4.09. The molecule has 122 valence electrons. The second-order valence-electron chi connectivity index (χ2n) is 5.89. The van der Waals surface area contributed by atoms with Gasteiger partial charge in [0, 0.05) is 19.3 Å². The molecule has 1 atom stereocenters. The predicted octanol–water partition coefficient (Wildman–Crippen LogP) is 3.37. The van der Waals surface area contributed by atoms with Crippen LogP contribution in [-0.4, -0.2) is 33.7 Å². The molecule has 6 heteroatoms. The quantitative estimate of drug-likeness (QED) is 0.866. The second kappa shape index (κ2) is 6.89. The molecular weight excluding hydrogens is 300 g/mol. The summed E-state index contributed by atoms with van der Waals surface area (Å²) in [4.78, 5) is 14.2. The van der Waals surface area contributed by atoms with Gasteiger partial charge in [0.05, 0.1) is 0 Å². The molecule has 2 heterocycles. The van der Waals surface area contributed by atoms with Gasteiger partial charge in [0.15, 0.2) is 0 Å². The van der Waals surface area contributed by atoms with Crippen LogP contribution < -0.4 is 0 Å². The zero-order valence-electron chi connectivity index (χ0n) is 12.7. The summed E-state index contributed by atoms with van der Waals surface area (Å²) in [5, 5.41) is 3.54. The summed E-state index contributed by atoms with van der Waals surface area (Å²) in [5.41, 5.74) is 1.20. The number of carbonyl (C=O) groups excluding carboxylic acids is 1. The first-order valence-corrected chi connectivity index (χ1v) is 7.80. The molecule has 0 saturated carbocycles. The first kappa shape index (κ1) is 15.6. The van der Waals surface area contributed by atoms with Crippen molar-refractivity contribution in [2.24, 2.45) is 5.92 Å². The number of hydrogen-bond donors (Lipinski definition) is 0. The van der Waals surface area contributed by atoms with Crippen LogP contribution in [0.2, 0.25) is 0 Å². The van der Waals surface area contributed by atoms with Crippen molar-refractivity contribution in [3.05, 3.63) is 53.9 Å². The maximum absolute atomic E-state index is 12.9. The summed E-state index contributed by atoms with van der Waals surface area (Å²) in [7, 11) is 0. The van der Waals surface area contributed by atoms with Gasteiger partial charge in [-0.25, -0.2) is 0 Å². The molecule has 1 aromatic carbocycles. The lowest BCUT2D eigenvalue weighted by molar-refractivity contribution is 0.0438. The lowest BCUT2D eigenvalue weighted by Crippen LogP contribution is -2.41. The monoisotopic (exact) mass is 319 g/mol. The third kappa shape index (κ3) is 3.57. The van der Waals surface area contributed by atoms with Crippen molar-refractivity contribution in [1.82, 2.24) is 14.7 Å². The van der Waals surface area contributed by atoms with Gasteiger partial charge in [-0.2, -0.15) is 18.6 Å². The average molecular weight is 319 g/mol. The molecule has 1 fully saturated rings. The van der Waals surface area contributed by atoms with E-state index in [-0.39, 0.29) is 11.6 Å². The van der Waals surface area contributed by atoms with Crippen molar-refractivity contribution in [2.45, 2.75) is 25.8 Å². The molecule has 1 saturated heterocycles. The second-order valence-corrected chi connectivity index (χ2v) is 5.89. The van der Waals surface area contributed by atoms with Crippen molar-refractivity contribution in [1.29, 1.82) is 0 Å². The summed E-state index contributed by atoms with van der Waals surface area (Å²) < 4.78 is 26.3. The smallest absolute Gasteiger partial charge is 0.333 e. The maximum atomic E-state index is 12.9. The minimum absolute atomic E-state index is 0.0413. The normalized spacial score (nSPS) is 18.4. The Morgan fingerprint density at radius 2 is 2.04 bits per heavy atom. The highest BCUT2D eigenvalue weighted by Crippen LogP contribution is 2.23. The molecule has 1 amide bonds. The number of nitrogens with zero attached hydrogens (tertiary/aromatic N) is 3. The van der Waals surface area contributed by atoms with E-state index in [1.54, 1.807) is 4.90 Å². The Balaban J connectivity index is 1.68. The number of carbonyl (C=O) groups is 1. The highest BCUT2D eigenvalue weighted by Gasteiger charge is 2.27. The van der Waals surface area contributed by atoms with Crippen molar-refractivity contribution >= 4 is 5.91 Å². The van der Waals surface area contributed by atoms with E-state index in [0.717, 1.165) is 19.3 Å². The first-order chi connectivity index (χ1) is 11.1. The zero-order valence-corrected chi connectivity index (χ0v) is 12.7. The lowest BCUT2D eigenvalue weighted by atomic mass is 9.91. The molecule has 1 aromatic heterocycles. The van der Waals surface area contributed by atoms with Gasteiger partial charge in [0.1, 0.15) is 5.69 Å². The van der Waals surface area contributed by atoms with E-state index in [1.165, 1.54) is 17.8 Å². The number of alkyl halides is 2. The van der Waals surface area contributed by atoms with E-state index < -0.39 is 6.55 Å². The number of amides is 1. The third-order valence-corrected chi connectivity index (χ3v) is 4.25. The topological polar surface area (TPSA) is 38.1 Å². The van der Waals surface area contributed by atoms with Crippen LogP contribution in [0, 0.1) is 5.92 Å². The van der Waals surface area contributed by atoms with Crippen LogP contribution in [0.4, 0.5) is 8.78 Å². The first-order valence-electron chi connectivity index (χ1n) is 7.80. The standard InChI is InChI=1S/C17H19F2N3O/c18-17(19)22-15(8-9-20-22)16(23)21-10-4-7-14(12-21)11-13-5-2-1-3-6-13/h1-3,5-6,8-9,14,17H,4,7,10-12H2/t14-/m1/s1. The summed E-state index contributed by atoms with van der Waals surface area (Å²) in [5.74, 6) is -0.00131. The molecule has 0 unspecified atom stereocenters. The van der Waals surface area contributed by atoms with Gasteiger partial charge in [-0.1, -0.05) is 30.3 Å². The number of hydrogen-bond acceptors (Lipinski definition) is 2. The van der Waals surface area contributed by atoms with Crippen LogP contribution in [0.3, 0.4) is 0 Å². The van der Waals surface area contributed by atoms with E-state index in [0.29, 0.717) is 23.7 Å². The fourth-order valence-electron chi connectivity index (χ4n) is 3.16. The molecule has 23 heavy (non-hydrogen) atoms. The van der Waals surface area contributed by atoms with Gasteiger partial charge in [0.25, 0.3) is 5.91 Å². The predicted molar refractivity (Wildman–Crippen MR) is 82.3 cm³/mol. The van der Waals surface area contributed by atoms with E-state index in [4.69, 9.17) is 0 Å². The number of halogens is 2. The number of rotatable bonds is 4. The Labute approximate surface area is 133 Å². The van der Waals surface area contributed by atoms with Crippen LogP contribution in [0.25, 0.3) is 0 Å². The Morgan fingerprint density at radius 3 is 2.78 bits per heavy atom. The van der Waals surface area contributed by atoms with Crippen LogP contribution in [0.1, 0.15) is 35.4 Å². The van der Waals surface area contributed by atoms with Crippen LogP contribution in [0.15, 0.2) is 42.6 Å². The van der Waals surface area contributed by atoms with Gasteiger partial charge < -0.3 is 4.90 Å². The molecule has 3 rings (SSSR count). The third-order valence-electron chi connectivity index (χ3n) is 4.25. The van der Waals surface area contributed by atoms with Crippen molar-refractivity contribution < 1.29 is 13.6 Å². The molecule has 0 N–H and O–H groups in total. The van der Waals surface area contributed by atoms with Gasteiger partial charge in [-0.05, 0) is 36.8 Å². The molecule has 1 aliphatic rings. The molecule has 0 bridgehead atoms. The van der Waals surface area contributed by atoms with Crippen molar-refractivity contribution in [3.8, 4) is 0 Å². The minimum atomic E-state index is -2.80. The summed E-state index contributed by atoms with van der Waals surface area (Å²) >= 11 is 0. The molecule has 0 radical (unpaired) electrons. The molecule has 4 nitrogen and oxygen atoms in total. The molecule has 1 aliphatic heterocycles. The number of likely N-dealkylation sites (tertiary alicyclic amines) is 1. The Bertz CT molecular complexity index is 657. The number of benzene rings is 1. The van der Waals surface area contributed by atoms with E-state index in [2.05, 4.69) is 17.2 Å². The van der Waals surface area contributed by atoms with Crippen LogP contribution in [-0.2, 0) is 6.42 Å². The number of piperidine rings is 1. The molecular formula is C17H19F2N3O. The Hall–Kier alpha value is -2.24. The molecule has 0 aliphatic carbocycles. The zero-order chi connectivity index (χ0) is 16.2. The van der Waals surface area contributed by atoms with Crippen LogP contribution >= 0.6 is 0 Å². The highest BCUT2D eigenvalue weighted by atomic mass is 19.3. The van der Waals surface area contributed by atoms with Gasteiger partial charge in [-0.15, -0.1) is 0 Å². The Kier molecular flexibility index (Phi) is 4.69. The van der Waals surface area contributed by atoms with E-state index in [1.807, 2.05) is 18.2 Å². The van der Waals surface area contributed by atoms with E-state index in [9.17, 15) is 13.6 Å². The largest absolute Gasteiger partial charge is 0.337 e. The lowest BCUT2D eigenvalue weighted by Gasteiger charge is -2.33. The molecule has 0 spiro atoms. The van der Waals surface area contributed by atoms with Gasteiger partial charge in [-0.3, -0.25) is 4.79 Å². The van der Waals surface area contributed by atoms with Gasteiger partial charge >= 0.3 is 6.55 Å². The fourth-order valence-corrected chi connectivity index (χ4v) is 3.16. The van der Waals surface area contributed by atoms with Gasteiger partial charge in [0.2, 0.25) is 0 Å². The number of aromatic nitrogens is 2. The average Bonchev–Trinajstić information content (AvgIpc) is 3.05. The van der Waals surface area contributed by atoms with Crippen LogP contribution in [0.5, 0.6) is 0 Å². The van der Waals surface area contributed by atoms with E-state index >= 15 is 0 Å². The molecule has 2 aromatic rings. The maximum Gasteiger partial charge on any atom is 0.333 e. The van der Waals surface area contributed by atoms with Crippen molar-refractivity contribution in [3.63, 3.8) is 0 Å². The SMILES string of the molecule is O=C(c1ccnn1C(F)F)N1CCC[C@H](Cc2ccccc2)C1.